The first-order valence-electron chi connectivity index (χ1n) is 7.92. The molecule has 2 heterocycles. The maximum Gasteiger partial charge on any atom is 0.276 e. The number of para-hydroxylation sites is 1. The van der Waals surface area contributed by atoms with E-state index in [0.29, 0.717) is 21.8 Å². The zero-order chi connectivity index (χ0) is 17.4. The fourth-order valence-corrected chi connectivity index (χ4v) is 3.50. The molecule has 0 aromatic heterocycles. The smallest absolute Gasteiger partial charge is 0.276 e. The number of fused-ring (bicyclic) bond motifs is 2. The van der Waals surface area contributed by atoms with Crippen LogP contribution < -0.4 is 15.9 Å². The molecule has 5 nitrogen and oxygen atoms in total. The van der Waals surface area contributed by atoms with E-state index in [2.05, 4.69) is 10.4 Å². The van der Waals surface area contributed by atoms with Crippen molar-refractivity contribution in [3.63, 3.8) is 0 Å². The lowest BCUT2D eigenvalue weighted by molar-refractivity contribution is -0.116. The molecule has 2 aromatic carbocycles. The second-order valence-electron chi connectivity index (χ2n) is 5.56. The summed E-state index contributed by atoms with van der Waals surface area (Å²) in [6.45, 7) is 1.98. The molecular formula is C18H15FN4OS. The molecule has 0 saturated carbocycles. The van der Waals surface area contributed by atoms with Gasteiger partial charge in [-0.2, -0.15) is 0 Å². The lowest BCUT2D eigenvalue weighted by Crippen LogP contribution is -2.50. The fourth-order valence-electron chi connectivity index (χ4n) is 2.91. The van der Waals surface area contributed by atoms with Gasteiger partial charge < -0.3 is 0 Å². The number of amides is 1. The molecule has 1 atom stereocenters. The lowest BCUT2D eigenvalue weighted by atomic mass is 10.1. The number of rotatable bonds is 2. The molecule has 0 unspecified atom stereocenters. The fraction of sp³-hybridized carbons (Fsp3) is 0.167. The number of halogens is 1. The summed E-state index contributed by atoms with van der Waals surface area (Å²) in [6.07, 6.45) is -0.584. The van der Waals surface area contributed by atoms with Crippen LogP contribution in [0, 0.1) is 5.82 Å². The Bertz CT molecular complexity index is 1000. The summed E-state index contributed by atoms with van der Waals surface area (Å²) in [5, 5.41) is 10.9. The van der Waals surface area contributed by atoms with Gasteiger partial charge in [0.15, 0.2) is 11.3 Å². The zero-order valence-electron chi connectivity index (χ0n) is 13.4. The molecule has 126 valence electrons. The first-order valence-corrected chi connectivity index (χ1v) is 8.90. The summed E-state index contributed by atoms with van der Waals surface area (Å²) in [5.41, 5.74) is 1.08. The Morgan fingerprint density at radius 2 is 2.08 bits per heavy atom. The van der Waals surface area contributed by atoms with Crippen LogP contribution in [-0.4, -0.2) is 21.8 Å². The number of hydrazone groups is 1. The maximum atomic E-state index is 13.7. The summed E-state index contributed by atoms with van der Waals surface area (Å²) < 4.78 is 13.7. The zero-order valence-corrected chi connectivity index (χ0v) is 14.3. The minimum atomic E-state index is -0.584. The highest BCUT2D eigenvalue weighted by atomic mass is 32.2. The normalized spacial score (nSPS) is 18.7. The van der Waals surface area contributed by atoms with E-state index >= 15 is 0 Å². The minimum absolute atomic E-state index is 0.227. The molecule has 1 N–H and O–H groups in total. The molecule has 0 saturated heterocycles. The Morgan fingerprint density at radius 1 is 1.24 bits per heavy atom. The number of amidine groups is 1. The Morgan fingerprint density at radius 3 is 2.88 bits per heavy atom. The second kappa shape index (κ2) is 6.33. The van der Waals surface area contributed by atoms with Gasteiger partial charge >= 0.3 is 0 Å². The highest BCUT2D eigenvalue weighted by molar-refractivity contribution is 8.13. The number of thioether (sulfide) groups is 1. The molecule has 7 heteroatoms. The topological polar surface area (TPSA) is 57.1 Å². The van der Waals surface area contributed by atoms with Gasteiger partial charge in [-0.3, -0.25) is 15.1 Å². The van der Waals surface area contributed by atoms with E-state index in [9.17, 15) is 9.18 Å². The highest BCUT2D eigenvalue weighted by Gasteiger charge is 2.34. The number of carbonyl (C=O) groups excluding carboxylic acids is 1. The first kappa shape index (κ1) is 15.8. The van der Waals surface area contributed by atoms with E-state index in [1.165, 1.54) is 23.9 Å². The van der Waals surface area contributed by atoms with Gasteiger partial charge in [-0.05, 0) is 24.0 Å². The molecule has 0 spiro atoms. The molecule has 0 radical (unpaired) electrons. The van der Waals surface area contributed by atoms with Crippen molar-refractivity contribution in [3.05, 3.63) is 70.5 Å². The highest BCUT2D eigenvalue weighted by Crippen LogP contribution is 2.30. The van der Waals surface area contributed by atoms with Crippen molar-refractivity contribution in [1.82, 2.24) is 10.3 Å². The van der Waals surface area contributed by atoms with Crippen molar-refractivity contribution < 1.29 is 9.18 Å². The predicted molar refractivity (Wildman–Crippen MR) is 95.3 cm³/mol. The second-order valence-corrected chi connectivity index (χ2v) is 6.81. The molecule has 0 aliphatic carbocycles. The monoisotopic (exact) mass is 354 g/mol. The summed E-state index contributed by atoms with van der Waals surface area (Å²) in [6, 6.07) is 13.6. The van der Waals surface area contributed by atoms with Crippen molar-refractivity contribution >= 4 is 28.5 Å². The van der Waals surface area contributed by atoms with E-state index < -0.39 is 6.17 Å². The van der Waals surface area contributed by atoms with Crippen molar-refractivity contribution in [1.29, 1.82) is 0 Å². The van der Waals surface area contributed by atoms with Crippen molar-refractivity contribution in [2.45, 2.75) is 13.1 Å². The van der Waals surface area contributed by atoms with Crippen LogP contribution in [0.25, 0.3) is 5.70 Å². The average molecular weight is 354 g/mol. The number of nitrogens with zero attached hydrogens (tertiary/aromatic N) is 3. The number of benzene rings is 2. The third-order valence-corrected chi connectivity index (χ3v) is 4.69. The van der Waals surface area contributed by atoms with Crippen LogP contribution in [0.1, 0.15) is 18.7 Å². The van der Waals surface area contributed by atoms with Gasteiger partial charge in [0.25, 0.3) is 5.91 Å². The molecular weight excluding hydrogens is 339 g/mol. The molecule has 0 bridgehead atoms. The number of hydrogen-bond donors (Lipinski definition) is 1. The van der Waals surface area contributed by atoms with E-state index in [1.807, 2.05) is 31.2 Å². The van der Waals surface area contributed by atoms with E-state index in [1.54, 1.807) is 17.1 Å². The quantitative estimate of drug-likeness (QED) is 0.894. The van der Waals surface area contributed by atoms with Crippen LogP contribution in [0.2, 0.25) is 0 Å². The molecule has 1 amide bonds. The van der Waals surface area contributed by atoms with Crippen molar-refractivity contribution in [2.24, 2.45) is 10.1 Å². The molecule has 2 aromatic rings. The largest absolute Gasteiger partial charge is 0.298 e. The van der Waals surface area contributed by atoms with E-state index in [4.69, 9.17) is 4.99 Å². The van der Waals surface area contributed by atoms with E-state index in [0.717, 1.165) is 11.0 Å². The standard InChI is InChI=1S/C18H15FN4OS/c1-2-25-18-21-17(24)15-13-8-3-4-9-14(13)20-16(23(15)22-18)11-6-5-7-12(19)10-11/h3-10,16H,2H2,1H3,(H,21,22,24)/t16-/m0/s1. The van der Waals surface area contributed by atoms with Crippen LogP contribution >= 0.6 is 11.8 Å². The van der Waals surface area contributed by atoms with Crippen LogP contribution in [0.4, 0.5) is 4.39 Å². The maximum absolute atomic E-state index is 13.7. The Balaban J connectivity index is 1.96. The third kappa shape index (κ3) is 2.80. The van der Waals surface area contributed by atoms with Gasteiger partial charge in [0.1, 0.15) is 11.5 Å². The van der Waals surface area contributed by atoms with Crippen LogP contribution in [0.3, 0.4) is 0 Å². The molecule has 4 rings (SSSR count). The first-order chi connectivity index (χ1) is 12.2. The number of nitrogens with one attached hydrogen (secondary N) is 1. The Hall–Kier alpha value is -2.67. The average Bonchev–Trinajstić information content (AvgIpc) is 2.61. The molecule has 2 aliphatic heterocycles. The van der Waals surface area contributed by atoms with Gasteiger partial charge in [0.2, 0.25) is 0 Å². The van der Waals surface area contributed by atoms with Gasteiger partial charge in [-0.1, -0.05) is 49.0 Å². The van der Waals surface area contributed by atoms with Crippen LogP contribution in [0.15, 0.2) is 58.6 Å². The van der Waals surface area contributed by atoms with Gasteiger partial charge in [-0.15, -0.1) is 5.10 Å². The van der Waals surface area contributed by atoms with Crippen molar-refractivity contribution in [2.75, 3.05) is 5.75 Å². The third-order valence-electron chi connectivity index (χ3n) is 3.94. The Labute approximate surface area is 147 Å². The Kier molecular flexibility index (Phi) is 4.01. The summed E-state index contributed by atoms with van der Waals surface area (Å²) in [7, 11) is 0. The molecule has 2 aliphatic rings. The summed E-state index contributed by atoms with van der Waals surface area (Å²) in [5.74, 6) is 0.206. The van der Waals surface area contributed by atoms with Crippen LogP contribution in [0.5, 0.6) is 0 Å². The van der Waals surface area contributed by atoms with Gasteiger partial charge in [-0.25, -0.2) is 9.40 Å². The molecule has 25 heavy (non-hydrogen) atoms. The van der Waals surface area contributed by atoms with E-state index in [-0.39, 0.29) is 11.7 Å². The number of hydrogen-bond acceptors (Lipinski definition) is 5. The molecule has 0 fully saturated rings. The lowest BCUT2D eigenvalue weighted by Gasteiger charge is -2.34. The van der Waals surface area contributed by atoms with Gasteiger partial charge in [0.05, 0.1) is 5.36 Å². The van der Waals surface area contributed by atoms with Gasteiger partial charge in [0, 0.05) is 10.8 Å². The number of carbonyl (C=O) groups is 1. The minimum Gasteiger partial charge on any atom is -0.298 e. The summed E-state index contributed by atoms with van der Waals surface area (Å²) in [4.78, 5) is 17.4. The SMILES string of the molecule is CCSC1=NN2C(=c3ccccc3=N[C@@H]2c2cccc(F)c2)C(=O)N1. The van der Waals surface area contributed by atoms with Crippen molar-refractivity contribution in [3.8, 4) is 0 Å². The summed E-state index contributed by atoms with van der Waals surface area (Å²) >= 11 is 1.44. The predicted octanol–water partition coefficient (Wildman–Crippen LogP) is 1.72. The van der Waals surface area contributed by atoms with Crippen LogP contribution in [-0.2, 0) is 4.79 Å².